The molecule has 0 aromatic heterocycles. The van der Waals surface area contributed by atoms with Crippen molar-refractivity contribution in [2.75, 3.05) is 14.2 Å². The first-order valence-corrected chi connectivity index (χ1v) is 5.97. The second-order valence-corrected chi connectivity index (χ2v) is 4.54. The summed E-state index contributed by atoms with van der Waals surface area (Å²) in [5, 5.41) is 9.76. The molecule has 3 heteroatoms. The van der Waals surface area contributed by atoms with Crippen LogP contribution in [0, 0.1) is 5.92 Å². The molecule has 1 aromatic rings. The van der Waals surface area contributed by atoms with E-state index in [1.807, 2.05) is 32.0 Å². The van der Waals surface area contributed by atoms with Crippen LogP contribution in [0.4, 0.5) is 0 Å². The summed E-state index contributed by atoms with van der Waals surface area (Å²) in [5.74, 6) is 1.78. The molecule has 0 saturated carbocycles. The third kappa shape index (κ3) is 3.93. The van der Waals surface area contributed by atoms with Crippen LogP contribution in [0.15, 0.2) is 18.2 Å². The number of benzene rings is 1. The van der Waals surface area contributed by atoms with Crippen molar-refractivity contribution in [3.8, 4) is 11.5 Å². The van der Waals surface area contributed by atoms with Crippen molar-refractivity contribution in [3.63, 3.8) is 0 Å². The minimum atomic E-state index is -0.247. The monoisotopic (exact) mass is 238 g/mol. The number of aliphatic hydroxyl groups excluding tert-OH is 1. The quantitative estimate of drug-likeness (QED) is 0.828. The molecule has 0 fully saturated rings. The van der Waals surface area contributed by atoms with E-state index >= 15 is 0 Å². The highest BCUT2D eigenvalue weighted by Gasteiger charge is 2.10. The number of methoxy groups -OCH3 is 2. The molecule has 0 amide bonds. The Morgan fingerprint density at radius 3 is 2.29 bits per heavy atom. The van der Waals surface area contributed by atoms with Gasteiger partial charge in [-0.2, -0.15) is 0 Å². The third-order valence-electron chi connectivity index (χ3n) is 2.95. The highest BCUT2D eigenvalue weighted by atomic mass is 16.5. The highest BCUT2D eigenvalue weighted by molar-refractivity contribution is 5.42. The Labute approximate surface area is 103 Å². The Kier molecular flexibility index (Phi) is 5.29. The fourth-order valence-corrected chi connectivity index (χ4v) is 1.68. The van der Waals surface area contributed by atoms with Crippen LogP contribution >= 0.6 is 0 Å². The van der Waals surface area contributed by atoms with Crippen molar-refractivity contribution in [1.29, 1.82) is 0 Å². The number of ether oxygens (including phenoxy) is 2. The molecule has 0 bridgehead atoms. The normalized spacial score (nSPS) is 12.6. The van der Waals surface area contributed by atoms with Crippen molar-refractivity contribution < 1.29 is 14.6 Å². The van der Waals surface area contributed by atoms with Crippen LogP contribution in [0.5, 0.6) is 11.5 Å². The second-order valence-electron chi connectivity index (χ2n) is 4.54. The lowest BCUT2D eigenvalue weighted by Crippen LogP contribution is -2.15. The molecular formula is C14H22O3. The maximum atomic E-state index is 9.76. The Morgan fingerprint density at radius 2 is 1.76 bits per heavy atom. The smallest absolute Gasteiger partial charge is 0.160 e. The van der Waals surface area contributed by atoms with Gasteiger partial charge < -0.3 is 14.6 Å². The molecule has 1 aromatic carbocycles. The van der Waals surface area contributed by atoms with Crippen LogP contribution in [0.25, 0.3) is 0 Å². The summed E-state index contributed by atoms with van der Waals surface area (Å²) in [7, 11) is 3.25. The van der Waals surface area contributed by atoms with Crippen molar-refractivity contribution in [3.05, 3.63) is 23.8 Å². The van der Waals surface area contributed by atoms with E-state index in [0.717, 1.165) is 29.9 Å². The average molecular weight is 238 g/mol. The van der Waals surface area contributed by atoms with E-state index in [9.17, 15) is 5.11 Å². The van der Waals surface area contributed by atoms with Crippen LogP contribution in [-0.4, -0.2) is 25.4 Å². The second kappa shape index (κ2) is 6.50. The summed E-state index contributed by atoms with van der Waals surface area (Å²) in [6, 6.07) is 5.87. The van der Waals surface area contributed by atoms with E-state index in [2.05, 4.69) is 0 Å². The maximum Gasteiger partial charge on any atom is 0.160 e. The topological polar surface area (TPSA) is 38.7 Å². The fraction of sp³-hybridized carbons (Fsp3) is 0.571. The Balaban J connectivity index is 2.66. The van der Waals surface area contributed by atoms with Gasteiger partial charge in [0, 0.05) is 0 Å². The first-order valence-electron chi connectivity index (χ1n) is 5.97. The van der Waals surface area contributed by atoms with Crippen molar-refractivity contribution in [2.24, 2.45) is 5.92 Å². The summed E-state index contributed by atoms with van der Waals surface area (Å²) in [6.45, 7) is 4.05. The van der Waals surface area contributed by atoms with E-state index in [4.69, 9.17) is 9.47 Å². The minimum Gasteiger partial charge on any atom is -0.493 e. The van der Waals surface area contributed by atoms with Gasteiger partial charge in [-0.3, -0.25) is 0 Å². The number of aryl methyl sites for hydroxylation is 1. The molecule has 3 nitrogen and oxygen atoms in total. The number of aliphatic hydroxyl groups is 1. The molecule has 1 rings (SSSR count). The van der Waals surface area contributed by atoms with Gasteiger partial charge >= 0.3 is 0 Å². The van der Waals surface area contributed by atoms with E-state index in [-0.39, 0.29) is 6.10 Å². The predicted octanol–water partition coefficient (Wildman–Crippen LogP) is 2.65. The lowest BCUT2D eigenvalue weighted by Gasteiger charge is -2.15. The zero-order valence-corrected chi connectivity index (χ0v) is 11.1. The van der Waals surface area contributed by atoms with Gasteiger partial charge in [-0.25, -0.2) is 0 Å². The number of hydrogen-bond acceptors (Lipinski definition) is 3. The van der Waals surface area contributed by atoms with Crippen molar-refractivity contribution >= 4 is 0 Å². The van der Waals surface area contributed by atoms with Gasteiger partial charge in [-0.15, -0.1) is 0 Å². The Morgan fingerprint density at radius 1 is 1.12 bits per heavy atom. The Bertz CT molecular complexity index is 347. The minimum absolute atomic E-state index is 0.247. The van der Waals surface area contributed by atoms with Crippen LogP contribution in [0.1, 0.15) is 25.8 Å². The molecule has 0 saturated heterocycles. The first kappa shape index (κ1) is 13.8. The maximum absolute atomic E-state index is 9.76. The average Bonchev–Trinajstić information content (AvgIpc) is 2.35. The summed E-state index contributed by atoms with van der Waals surface area (Å²) in [5.41, 5.74) is 1.15. The van der Waals surface area contributed by atoms with E-state index in [1.54, 1.807) is 14.2 Å². The summed E-state index contributed by atoms with van der Waals surface area (Å²) >= 11 is 0. The standard InChI is InChI=1S/C14H22O3/c1-10(2)12(15)7-5-11-6-8-13(16-3)14(9-11)17-4/h6,8-10,12,15H,5,7H2,1-4H3. The predicted molar refractivity (Wildman–Crippen MR) is 68.7 cm³/mol. The van der Waals surface area contributed by atoms with Gasteiger partial charge in [0.1, 0.15) is 0 Å². The van der Waals surface area contributed by atoms with Gasteiger partial charge in [-0.1, -0.05) is 19.9 Å². The zero-order valence-electron chi connectivity index (χ0n) is 11.1. The number of hydrogen-bond donors (Lipinski definition) is 1. The van der Waals surface area contributed by atoms with E-state index in [0.29, 0.717) is 5.92 Å². The molecule has 0 aliphatic carbocycles. The van der Waals surface area contributed by atoms with E-state index < -0.39 is 0 Å². The SMILES string of the molecule is COc1ccc(CCC(O)C(C)C)cc1OC. The lowest BCUT2D eigenvalue weighted by molar-refractivity contribution is 0.116. The van der Waals surface area contributed by atoms with Crippen molar-refractivity contribution in [1.82, 2.24) is 0 Å². The summed E-state index contributed by atoms with van der Waals surface area (Å²) in [4.78, 5) is 0. The molecule has 1 atom stereocenters. The van der Waals surface area contributed by atoms with Gasteiger partial charge in [0.2, 0.25) is 0 Å². The fourth-order valence-electron chi connectivity index (χ4n) is 1.68. The van der Waals surface area contributed by atoms with Crippen molar-refractivity contribution in [2.45, 2.75) is 32.8 Å². The lowest BCUT2D eigenvalue weighted by atomic mass is 9.99. The van der Waals surface area contributed by atoms with Crippen LogP contribution in [0.2, 0.25) is 0 Å². The van der Waals surface area contributed by atoms with Gasteiger partial charge in [-0.05, 0) is 36.5 Å². The van der Waals surface area contributed by atoms with Gasteiger partial charge in [0.25, 0.3) is 0 Å². The Hall–Kier alpha value is -1.22. The molecular weight excluding hydrogens is 216 g/mol. The van der Waals surface area contributed by atoms with Crippen LogP contribution < -0.4 is 9.47 Å². The molecule has 96 valence electrons. The largest absolute Gasteiger partial charge is 0.493 e. The molecule has 17 heavy (non-hydrogen) atoms. The molecule has 0 spiro atoms. The molecule has 0 aliphatic rings. The van der Waals surface area contributed by atoms with Crippen LogP contribution in [0.3, 0.4) is 0 Å². The van der Waals surface area contributed by atoms with E-state index in [1.165, 1.54) is 0 Å². The molecule has 1 N–H and O–H groups in total. The molecule has 0 heterocycles. The van der Waals surface area contributed by atoms with Gasteiger partial charge in [0.15, 0.2) is 11.5 Å². The third-order valence-corrected chi connectivity index (χ3v) is 2.95. The number of rotatable bonds is 6. The molecule has 0 aliphatic heterocycles. The summed E-state index contributed by atoms with van der Waals surface area (Å²) in [6.07, 6.45) is 1.37. The molecule has 0 radical (unpaired) electrons. The summed E-state index contributed by atoms with van der Waals surface area (Å²) < 4.78 is 10.4. The highest BCUT2D eigenvalue weighted by Crippen LogP contribution is 2.28. The first-order chi connectivity index (χ1) is 8.08. The zero-order chi connectivity index (χ0) is 12.8. The van der Waals surface area contributed by atoms with Crippen LogP contribution in [-0.2, 0) is 6.42 Å². The van der Waals surface area contributed by atoms with Gasteiger partial charge in [0.05, 0.1) is 20.3 Å². The molecule has 1 unspecified atom stereocenters.